The minimum absolute atomic E-state index is 0.396. The molecule has 0 saturated carbocycles. The molecule has 2 aromatic rings. The third-order valence-electron chi connectivity index (χ3n) is 5.93. The molecular weight excluding hydrogens is 462 g/mol. The van der Waals surface area contributed by atoms with Crippen molar-refractivity contribution < 1.29 is 5.11 Å². The van der Waals surface area contributed by atoms with Gasteiger partial charge in [-0.2, -0.15) is 0 Å². The number of thioether (sulfide) groups is 2. The van der Waals surface area contributed by atoms with Gasteiger partial charge in [0.1, 0.15) is 5.60 Å². The van der Waals surface area contributed by atoms with Crippen molar-refractivity contribution in [2.24, 2.45) is 0 Å². The van der Waals surface area contributed by atoms with Gasteiger partial charge in [-0.05, 0) is 62.2 Å². The topological polar surface area (TPSA) is 23.5 Å². The zero-order chi connectivity index (χ0) is 21.9. The fourth-order valence-electron chi connectivity index (χ4n) is 4.13. The summed E-state index contributed by atoms with van der Waals surface area (Å²) < 4.78 is -0.396. The first kappa shape index (κ1) is 23.4. The van der Waals surface area contributed by atoms with E-state index in [1.54, 1.807) is 11.8 Å². The number of halogens is 1. The van der Waals surface area contributed by atoms with Crippen molar-refractivity contribution in [1.29, 1.82) is 0 Å². The first-order valence-corrected chi connectivity index (χ1v) is 13.9. The smallest absolute Gasteiger partial charge is 0.141 e. The molecule has 1 N–H and O–H groups in total. The van der Waals surface area contributed by atoms with E-state index in [2.05, 4.69) is 55.0 Å². The van der Waals surface area contributed by atoms with Crippen molar-refractivity contribution in [3.05, 3.63) is 58.6 Å². The molecule has 1 atom stereocenters. The summed E-state index contributed by atoms with van der Waals surface area (Å²) in [5, 5.41) is 13.4. The molecule has 2 heterocycles. The average Bonchev–Trinajstić information content (AvgIpc) is 2.80. The van der Waals surface area contributed by atoms with Crippen molar-refractivity contribution in [1.82, 2.24) is 4.90 Å². The molecule has 0 aliphatic carbocycles. The highest BCUT2D eigenvalue weighted by atomic mass is 35.5. The third kappa shape index (κ3) is 4.53. The molecule has 0 aromatic heterocycles. The van der Waals surface area contributed by atoms with Crippen LogP contribution in [0.1, 0.15) is 37.3 Å². The van der Waals surface area contributed by atoms with E-state index < -0.39 is 9.68 Å². The zero-order valence-electron chi connectivity index (χ0n) is 18.0. The molecule has 1 fully saturated rings. The molecule has 164 valence electrons. The van der Waals surface area contributed by atoms with Crippen LogP contribution in [0.25, 0.3) is 0 Å². The van der Waals surface area contributed by atoms with Gasteiger partial charge in [-0.1, -0.05) is 54.4 Å². The predicted octanol–water partition coefficient (Wildman–Crippen LogP) is 6.34. The highest BCUT2D eigenvalue weighted by Gasteiger charge is 2.57. The van der Waals surface area contributed by atoms with E-state index in [-0.39, 0.29) is 0 Å². The Morgan fingerprint density at radius 2 is 1.81 bits per heavy atom. The maximum atomic E-state index is 12.7. The first-order valence-electron chi connectivity index (χ1n) is 10.7. The molecule has 2 aliphatic rings. The Morgan fingerprint density at radius 3 is 2.58 bits per heavy atom. The lowest BCUT2D eigenvalue weighted by atomic mass is 9.80. The standard InChI is InChI=1S/C25H28ClNOS3/c1-3-27(2)15-8-4-7-14-24(29-16-9-17-30-24)25(28)20-10-5-6-11-22(20)31-23-13-12-19(26)18-21(23)25/h5-6,10-13,18,28H,3,7,9,14-17H2,1-2H3. The maximum Gasteiger partial charge on any atom is 0.141 e. The Kier molecular flexibility index (Phi) is 7.58. The van der Waals surface area contributed by atoms with Gasteiger partial charge in [0.25, 0.3) is 0 Å². The van der Waals surface area contributed by atoms with E-state index in [1.807, 2.05) is 41.7 Å². The molecule has 31 heavy (non-hydrogen) atoms. The van der Waals surface area contributed by atoms with E-state index in [0.29, 0.717) is 5.02 Å². The minimum Gasteiger partial charge on any atom is -0.378 e. The Hall–Kier alpha value is -0.740. The average molecular weight is 490 g/mol. The van der Waals surface area contributed by atoms with Crippen molar-refractivity contribution in [3.8, 4) is 11.8 Å². The van der Waals surface area contributed by atoms with Gasteiger partial charge in [-0.25, -0.2) is 0 Å². The summed E-state index contributed by atoms with van der Waals surface area (Å²) >= 11 is 12.0. The van der Waals surface area contributed by atoms with Crippen LogP contribution in [-0.4, -0.2) is 45.7 Å². The number of rotatable bonds is 5. The summed E-state index contributed by atoms with van der Waals surface area (Å²) in [6.07, 6.45) is 2.76. The van der Waals surface area contributed by atoms with Crippen LogP contribution >= 0.6 is 46.9 Å². The highest BCUT2D eigenvalue weighted by Crippen LogP contribution is 2.63. The second-order valence-electron chi connectivity index (χ2n) is 7.94. The van der Waals surface area contributed by atoms with Gasteiger partial charge in [0, 0.05) is 32.4 Å². The van der Waals surface area contributed by atoms with Crippen LogP contribution in [0.4, 0.5) is 0 Å². The summed E-state index contributed by atoms with van der Waals surface area (Å²) in [7, 11) is 2.09. The maximum absolute atomic E-state index is 12.7. The van der Waals surface area contributed by atoms with E-state index in [9.17, 15) is 5.11 Å². The molecular formula is C25H28ClNOS3. The number of hydrogen-bond acceptors (Lipinski definition) is 5. The largest absolute Gasteiger partial charge is 0.378 e. The normalized spacial score (nSPS) is 21.7. The van der Waals surface area contributed by atoms with Gasteiger partial charge in [0.2, 0.25) is 0 Å². The molecule has 6 heteroatoms. The number of nitrogens with zero attached hydrogens (tertiary/aromatic N) is 1. The Balaban J connectivity index is 1.77. The monoisotopic (exact) mass is 489 g/mol. The van der Waals surface area contributed by atoms with E-state index in [1.165, 1.54) is 6.42 Å². The van der Waals surface area contributed by atoms with Crippen LogP contribution in [0.15, 0.2) is 52.3 Å². The van der Waals surface area contributed by atoms with Crippen LogP contribution in [0.2, 0.25) is 5.02 Å². The molecule has 0 bridgehead atoms. The number of aliphatic hydroxyl groups is 1. The van der Waals surface area contributed by atoms with E-state index >= 15 is 0 Å². The lowest BCUT2D eigenvalue weighted by Crippen LogP contribution is -2.51. The quantitative estimate of drug-likeness (QED) is 0.493. The lowest BCUT2D eigenvalue weighted by molar-refractivity contribution is 0.0579. The Bertz CT molecular complexity index is 996. The summed E-state index contributed by atoms with van der Waals surface area (Å²) in [6.45, 7) is 3.92. The highest BCUT2D eigenvalue weighted by molar-refractivity contribution is 8.18. The first-order chi connectivity index (χ1) is 15.0. The predicted molar refractivity (Wildman–Crippen MR) is 137 cm³/mol. The van der Waals surface area contributed by atoms with Crippen LogP contribution in [0.5, 0.6) is 0 Å². The molecule has 0 amide bonds. The van der Waals surface area contributed by atoms with Gasteiger partial charge in [0.05, 0.1) is 10.6 Å². The summed E-state index contributed by atoms with van der Waals surface area (Å²) in [6, 6.07) is 14.2. The molecule has 2 aliphatic heterocycles. The third-order valence-corrected chi connectivity index (χ3v) is 10.9. The van der Waals surface area contributed by atoms with Crippen molar-refractivity contribution in [2.75, 3.05) is 31.6 Å². The van der Waals surface area contributed by atoms with Gasteiger partial charge >= 0.3 is 0 Å². The lowest BCUT2D eigenvalue weighted by Gasteiger charge is -2.51. The SMILES string of the molecule is CCN(C)CC#CCCC1(C2(O)c3ccccc3Sc3ccc(Cl)cc32)SCCCS1. The summed E-state index contributed by atoms with van der Waals surface area (Å²) in [5.41, 5.74) is 0.812. The van der Waals surface area contributed by atoms with Gasteiger partial charge < -0.3 is 5.11 Å². The molecule has 1 unspecified atom stereocenters. The molecule has 2 aromatic carbocycles. The molecule has 1 saturated heterocycles. The number of fused-ring (bicyclic) bond motifs is 2. The summed E-state index contributed by atoms with van der Waals surface area (Å²) in [5.74, 6) is 8.78. The molecule has 2 nitrogen and oxygen atoms in total. The molecule has 0 spiro atoms. The summed E-state index contributed by atoms with van der Waals surface area (Å²) in [4.78, 5) is 4.42. The van der Waals surface area contributed by atoms with Gasteiger partial charge in [-0.3, -0.25) is 4.90 Å². The van der Waals surface area contributed by atoms with Crippen LogP contribution < -0.4 is 0 Å². The van der Waals surface area contributed by atoms with E-state index in [0.717, 1.165) is 58.4 Å². The zero-order valence-corrected chi connectivity index (χ0v) is 21.2. The molecule has 4 rings (SSSR count). The Morgan fingerprint density at radius 1 is 1.06 bits per heavy atom. The second kappa shape index (κ2) is 10.0. The van der Waals surface area contributed by atoms with Crippen LogP contribution in [-0.2, 0) is 5.60 Å². The number of benzene rings is 2. The van der Waals surface area contributed by atoms with E-state index in [4.69, 9.17) is 11.6 Å². The number of hydrogen-bond donors (Lipinski definition) is 1. The van der Waals surface area contributed by atoms with Crippen LogP contribution in [0, 0.1) is 11.8 Å². The minimum atomic E-state index is -1.12. The molecule has 0 radical (unpaired) electrons. The van der Waals surface area contributed by atoms with Crippen molar-refractivity contribution in [3.63, 3.8) is 0 Å². The van der Waals surface area contributed by atoms with Crippen LogP contribution in [0.3, 0.4) is 0 Å². The van der Waals surface area contributed by atoms with Crippen molar-refractivity contribution in [2.45, 2.75) is 45.7 Å². The van der Waals surface area contributed by atoms with Gasteiger partial charge in [-0.15, -0.1) is 29.4 Å². The fourth-order valence-corrected chi connectivity index (χ4v) is 9.07. The fraction of sp³-hybridized carbons (Fsp3) is 0.440. The van der Waals surface area contributed by atoms with Gasteiger partial charge in [0.15, 0.2) is 0 Å². The second-order valence-corrected chi connectivity index (χ2v) is 12.5. The Labute approximate surface area is 203 Å². The van der Waals surface area contributed by atoms with Crippen molar-refractivity contribution >= 4 is 46.9 Å².